The van der Waals surface area contributed by atoms with E-state index in [1.165, 1.54) is 6.20 Å². The van der Waals surface area contributed by atoms with Crippen molar-refractivity contribution in [3.8, 4) is 6.07 Å². The molecule has 1 aliphatic carbocycles. The number of carbonyl (C=O) groups excluding carboxylic acids is 1. The molecule has 0 bridgehead atoms. The minimum Gasteiger partial charge on any atom is -0.342 e. The Bertz CT molecular complexity index is 828. The first-order valence-corrected chi connectivity index (χ1v) is 7.20. The summed E-state index contributed by atoms with van der Waals surface area (Å²) < 4.78 is 1.72. The zero-order chi connectivity index (χ0) is 15.1. The molecule has 22 heavy (non-hydrogen) atoms. The molecule has 6 heteroatoms. The number of Topliss-reactive ketones (excluding diaryl/α,β-unsaturated/α-hetero) is 1. The minimum atomic E-state index is -0.310. The highest BCUT2D eigenvalue weighted by Gasteiger charge is 2.36. The van der Waals surface area contributed by atoms with Gasteiger partial charge in [-0.2, -0.15) is 10.4 Å². The van der Waals surface area contributed by atoms with Crippen molar-refractivity contribution in [2.45, 2.75) is 25.3 Å². The number of anilines is 1. The number of carbonyl (C=O) groups is 1. The summed E-state index contributed by atoms with van der Waals surface area (Å²) in [4.78, 5) is 16.6. The second-order valence-corrected chi connectivity index (χ2v) is 5.45. The lowest BCUT2D eigenvalue weighted by atomic mass is 9.86. The molecule has 0 amide bonds. The second kappa shape index (κ2) is 4.81. The molecule has 2 aliphatic rings. The third-order valence-electron chi connectivity index (χ3n) is 4.16. The molecule has 108 valence electrons. The fourth-order valence-electron chi connectivity index (χ4n) is 3.19. The molecular weight excluding hydrogens is 278 g/mol. The first-order valence-electron chi connectivity index (χ1n) is 7.20. The molecule has 1 aliphatic heterocycles. The molecule has 0 aromatic carbocycles. The molecule has 0 saturated carbocycles. The molecule has 0 spiro atoms. The molecule has 2 aromatic rings. The van der Waals surface area contributed by atoms with Gasteiger partial charge in [0.1, 0.15) is 23.5 Å². The average molecular weight is 291 g/mol. The fraction of sp³-hybridized carbons (Fsp3) is 0.250. The maximum Gasteiger partial charge on any atom is 0.163 e. The van der Waals surface area contributed by atoms with E-state index in [9.17, 15) is 10.1 Å². The number of aromatic nitrogens is 3. The number of hydrogen-bond donors (Lipinski definition) is 1. The monoisotopic (exact) mass is 291 g/mol. The van der Waals surface area contributed by atoms with Gasteiger partial charge in [0.05, 0.1) is 6.20 Å². The predicted molar refractivity (Wildman–Crippen MR) is 78.8 cm³/mol. The summed E-state index contributed by atoms with van der Waals surface area (Å²) in [5, 5.41) is 16.8. The normalized spacial score (nSPS) is 20.0. The van der Waals surface area contributed by atoms with Crippen LogP contribution in [0.15, 0.2) is 42.0 Å². The van der Waals surface area contributed by atoms with Gasteiger partial charge in [-0.15, -0.1) is 0 Å². The first kappa shape index (κ1) is 12.8. The van der Waals surface area contributed by atoms with Crippen molar-refractivity contribution in [2.75, 3.05) is 5.32 Å². The van der Waals surface area contributed by atoms with Crippen LogP contribution in [0.1, 0.15) is 36.4 Å². The van der Waals surface area contributed by atoms with Crippen LogP contribution in [-0.4, -0.2) is 20.5 Å². The summed E-state index contributed by atoms with van der Waals surface area (Å²) in [6, 6.07) is 5.62. The molecule has 0 radical (unpaired) electrons. The smallest absolute Gasteiger partial charge is 0.163 e. The third-order valence-corrected chi connectivity index (χ3v) is 4.16. The molecule has 4 rings (SSSR count). The third kappa shape index (κ3) is 1.76. The number of nitriles is 1. The number of hydrogen-bond acceptors (Lipinski definition) is 5. The highest BCUT2D eigenvalue weighted by molar-refractivity contribution is 5.99. The lowest BCUT2D eigenvalue weighted by molar-refractivity contribution is -0.116. The summed E-state index contributed by atoms with van der Waals surface area (Å²) in [5.74, 6) is 0.798. The van der Waals surface area contributed by atoms with E-state index in [2.05, 4.69) is 21.5 Å². The predicted octanol–water partition coefficient (Wildman–Crippen LogP) is 2.17. The van der Waals surface area contributed by atoms with Gasteiger partial charge >= 0.3 is 0 Å². The Morgan fingerprint density at radius 1 is 1.36 bits per heavy atom. The van der Waals surface area contributed by atoms with Crippen LogP contribution < -0.4 is 5.32 Å². The van der Waals surface area contributed by atoms with E-state index in [0.717, 1.165) is 29.7 Å². The van der Waals surface area contributed by atoms with Gasteiger partial charge in [0.25, 0.3) is 0 Å². The van der Waals surface area contributed by atoms with Crippen molar-refractivity contribution < 1.29 is 4.79 Å². The first-order chi connectivity index (χ1) is 10.8. The second-order valence-electron chi connectivity index (χ2n) is 5.45. The Kier molecular flexibility index (Phi) is 2.79. The molecule has 1 N–H and O–H groups in total. The van der Waals surface area contributed by atoms with Gasteiger partial charge in [-0.25, -0.2) is 4.68 Å². The molecule has 0 unspecified atom stereocenters. The van der Waals surface area contributed by atoms with Crippen molar-refractivity contribution in [3.63, 3.8) is 0 Å². The summed E-state index contributed by atoms with van der Waals surface area (Å²) in [6.07, 6.45) is 7.19. The van der Waals surface area contributed by atoms with Crippen molar-refractivity contribution in [2.24, 2.45) is 0 Å². The number of rotatable bonds is 1. The Balaban J connectivity index is 1.96. The molecule has 2 aromatic heterocycles. The summed E-state index contributed by atoms with van der Waals surface area (Å²) in [5.41, 5.74) is 3.05. The number of fused-ring (bicyclic) bond motifs is 1. The number of allylic oxidation sites excluding steroid dienone is 2. The highest BCUT2D eigenvalue weighted by atomic mass is 16.1. The average Bonchev–Trinajstić information content (AvgIpc) is 2.96. The lowest BCUT2D eigenvalue weighted by Gasteiger charge is -2.33. The van der Waals surface area contributed by atoms with E-state index in [4.69, 9.17) is 0 Å². The van der Waals surface area contributed by atoms with Crippen LogP contribution in [-0.2, 0) is 4.79 Å². The maximum absolute atomic E-state index is 12.5. The lowest BCUT2D eigenvalue weighted by Crippen LogP contribution is -2.31. The van der Waals surface area contributed by atoms with E-state index in [1.807, 2.05) is 12.1 Å². The number of nitrogens with zero attached hydrogens (tertiary/aromatic N) is 4. The van der Waals surface area contributed by atoms with Gasteiger partial charge < -0.3 is 5.32 Å². The van der Waals surface area contributed by atoms with Crippen LogP contribution in [0.2, 0.25) is 0 Å². The van der Waals surface area contributed by atoms with Crippen LogP contribution in [0, 0.1) is 11.3 Å². The van der Waals surface area contributed by atoms with Crippen molar-refractivity contribution >= 4 is 11.6 Å². The zero-order valence-electron chi connectivity index (χ0n) is 11.8. The van der Waals surface area contributed by atoms with E-state index in [0.29, 0.717) is 17.8 Å². The Labute approximate surface area is 127 Å². The van der Waals surface area contributed by atoms with E-state index >= 15 is 0 Å². The van der Waals surface area contributed by atoms with Gasteiger partial charge in [0.2, 0.25) is 0 Å². The quantitative estimate of drug-likeness (QED) is 0.870. The highest BCUT2D eigenvalue weighted by Crippen LogP contribution is 2.40. The minimum absolute atomic E-state index is 0.141. The maximum atomic E-state index is 12.5. The standard InChI is InChI=1S/C16H13N5O/c17-7-11-9-19-21-15(10-3-2-6-18-8-10)14-12(20-16(11)21)4-1-5-13(14)22/h2-3,6,8-9,15,20H,1,4-5H2/t15-/m0/s1. The van der Waals surface area contributed by atoms with Crippen molar-refractivity contribution in [1.82, 2.24) is 14.8 Å². The van der Waals surface area contributed by atoms with Gasteiger partial charge in [0.15, 0.2) is 5.78 Å². The van der Waals surface area contributed by atoms with Crippen LogP contribution >= 0.6 is 0 Å². The van der Waals surface area contributed by atoms with Crippen LogP contribution in [0.25, 0.3) is 0 Å². The fourth-order valence-corrected chi connectivity index (χ4v) is 3.19. The molecule has 1 atom stereocenters. The Hall–Kier alpha value is -2.94. The Morgan fingerprint density at radius 2 is 2.27 bits per heavy atom. The molecule has 3 heterocycles. The topological polar surface area (TPSA) is 83.6 Å². The van der Waals surface area contributed by atoms with Crippen LogP contribution in [0.5, 0.6) is 0 Å². The van der Waals surface area contributed by atoms with Gasteiger partial charge in [-0.1, -0.05) is 6.07 Å². The van der Waals surface area contributed by atoms with E-state index in [-0.39, 0.29) is 11.8 Å². The Morgan fingerprint density at radius 3 is 3.05 bits per heavy atom. The van der Waals surface area contributed by atoms with Crippen LogP contribution in [0.3, 0.4) is 0 Å². The molecule has 6 nitrogen and oxygen atoms in total. The largest absolute Gasteiger partial charge is 0.342 e. The van der Waals surface area contributed by atoms with Gasteiger partial charge in [-0.3, -0.25) is 9.78 Å². The van der Waals surface area contributed by atoms with Crippen molar-refractivity contribution in [1.29, 1.82) is 5.26 Å². The summed E-state index contributed by atoms with van der Waals surface area (Å²) >= 11 is 0. The summed E-state index contributed by atoms with van der Waals surface area (Å²) in [7, 11) is 0. The van der Waals surface area contributed by atoms with Gasteiger partial charge in [0, 0.05) is 30.1 Å². The SMILES string of the molecule is N#Cc1cnn2c1NC1=C(C(=O)CCC1)[C@@H]2c1cccnc1. The van der Waals surface area contributed by atoms with E-state index in [1.54, 1.807) is 17.1 Å². The molecule has 0 saturated heterocycles. The summed E-state index contributed by atoms with van der Waals surface area (Å²) in [6.45, 7) is 0. The molecule has 0 fully saturated rings. The van der Waals surface area contributed by atoms with Crippen molar-refractivity contribution in [3.05, 3.63) is 53.1 Å². The number of pyridine rings is 1. The van der Waals surface area contributed by atoms with Crippen LogP contribution in [0.4, 0.5) is 5.82 Å². The zero-order valence-corrected chi connectivity index (χ0v) is 11.8. The van der Waals surface area contributed by atoms with E-state index < -0.39 is 0 Å². The van der Waals surface area contributed by atoms with Gasteiger partial charge in [-0.05, 0) is 24.5 Å². The molecular formula is C16H13N5O. The number of nitrogens with one attached hydrogen (secondary N) is 1. The number of ketones is 1.